The fraction of sp³-hybridized carbons (Fsp3) is 0.615. The summed E-state index contributed by atoms with van der Waals surface area (Å²) in [6.45, 7) is 2.52. The molecule has 0 bridgehead atoms. The molecule has 1 aliphatic carbocycles. The van der Waals surface area contributed by atoms with Gasteiger partial charge in [0.15, 0.2) is 0 Å². The maximum absolute atomic E-state index is 13.1. The van der Waals surface area contributed by atoms with Gasteiger partial charge in [-0.25, -0.2) is 8.78 Å². The van der Waals surface area contributed by atoms with Crippen molar-refractivity contribution < 1.29 is 8.78 Å². The van der Waals surface area contributed by atoms with Crippen molar-refractivity contribution in [3.8, 4) is 0 Å². The van der Waals surface area contributed by atoms with Crippen LogP contribution in [0.5, 0.6) is 0 Å². The Morgan fingerprint density at radius 1 is 1.32 bits per heavy atom. The summed E-state index contributed by atoms with van der Waals surface area (Å²) in [6.07, 6.45) is 2.70. The number of likely N-dealkylation sites (N-methyl/N-ethyl adjacent to an activating group) is 1. The van der Waals surface area contributed by atoms with Crippen molar-refractivity contribution in [2.45, 2.75) is 24.8 Å². The molecule has 104 valence electrons. The summed E-state index contributed by atoms with van der Waals surface area (Å²) in [6, 6.07) is 0. The van der Waals surface area contributed by atoms with Gasteiger partial charge in [0.25, 0.3) is 6.43 Å². The van der Waals surface area contributed by atoms with Crippen LogP contribution in [0.2, 0.25) is 0 Å². The van der Waals surface area contributed by atoms with Crippen LogP contribution in [0.3, 0.4) is 0 Å². The minimum atomic E-state index is -2.49. The number of pyridine rings is 1. The fourth-order valence-electron chi connectivity index (χ4n) is 2.87. The zero-order valence-electron chi connectivity index (χ0n) is 10.7. The minimum absolute atomic E-state index is 0.0229. The second-order valence-corrected chi connectivity index (χ2v) is 6.28. The fourth-order valence-corrected chi connectivity index (χ4v) is 3.47. The Hall–Kier alpha value is -0.750. The van der Waals surface area contributed by atoms with Gasteiger partial charge in [-0.05, 0) is 35.8 Å². The smallest absolute Gasteiger partial charge is 0.267 e. The Morgan fingerprint density at radius 3 is 2.68 bits per heavy atom. The van der Waals surface area contributed by atoms with Gasteiger partial charge >= 0.3 is 0 Å². The first kappa shape index (κ1) is 13.2. The number of nitrogens with zero attached hydrogens (tertiary/aromatic N) is 3. The van der Waals surface area contributed by atoms with Crippen LogP contribution >= 0.6 is 15.9 Å². The molecule has 1 spiro atoms. The molecule has 1 aromatic heterocycles. The number of alkyl halides is 2. The van der Waals surface area contributed by atoms with Crippen molar-refractivity contribution in [2.75, 3.05) is 31.6 Å². The van der Waals surface area contributed by atoms with E-state index in [1.807, 2.05) is 0 Å². The molecule has 0 N–H and O–H groups in total. The summed E-state index contributed by atoms with van der Waals surface area (Å²) >= 11 is 3.37. The van der Waals surface area contributed by atoms with E-state index in [1.165, 1.54) is 6.20 Å². The van der Waals surface area contributed by atoms with Crippen LogP contribution in [-0.4, -0.2) is 42.1 Å². The van der Waals surface area contributed by atoms with Gasteiger partial charge in [-0.3, -0.25) is 9.88 Å². The summed E-state index contributed by atoms with van der Waals surface area (Å²) in [4.78, 5) is 8.31. The highest BCUT2D eigenvalue weighted by molar-refractivity contribution is 9.10. The molecule has 1 aliphatic heterocycles. The molecule has 6 heteroatoms. The van der Waals surface area contributed by atoms with Crippen LogP contribution in [0.25, 0.3) is 0 Å². The Kier molecular flexibility index (Phi) is 3.25. The number of hydrogen-bond donors (Lipinski definition) is 0. The van der Waals surface area contributed by atoms with Crippen molar-refractivity contribution in [1.29, 1.82) is 0 Å². The maximum atomic E-state index is 13.1. The zero-order chi connectivity index (χ0) is 13.6. The van der Waals surface area contributed by atoms with Gasteiger partial charge in [0, 0.05) is 37.6 Å². The SMILES string of the molecule is CN1CCN(c2c(Br)cncc2C(F)F)CC12CC2. The molecule has 3 nitrogen and oxygen atoms in total. The van der Waals surface area contributed by atoms with E-state index in [0.29, 0.717) is 10.2 Å². The van der Waals surface area contributed by atoms with Gasteiger partial charge in [-0.2, -0.15) is 0 Å². The topological polar surface area (TPSA) is 19.4 Å². The summed E-state index contributed by atoms with van der Waals surface area (Å²) in [5.41, 5.74) is 0.847. The van der Waals surface area contributed by atoms with Crippen molar-refractivity contribution in [3.05, 3.63) is 22.4 Å². The van der Waals surface area contributed by atoms with E-state index in [9.17, 15) is 8.78 Å². The largest absolute Gasteiger partial charge is 0.367 e. The van der Waals surface area contributed by atoms with E-state index in [2.05, 4.69) is 37.8 Å². The van der Waals surface area contributed by atoms with Crippen LogP contribution < -0.4 is 4.90 Å². The Balaban J connectivity index is 1.94. The molecular formula is C13H16BrF2N3. The Bertz CT molecular complexity index is 491. The van der Waals surface area contributed by atoms with Gasteiger partial charge in [0.2, 0.25) is 0 Å². The Morgan fingerprint density at radius 2 is 2.05 bits per heavy atom. The number of anilines is 1. The van der Waals surface area contributed by atoms with Crippen LogP contribution in [0.1, 0.15) is 24.8 Å². The third kappa shape index (κ3) is 2.25. The maximum Gasteiger partial charge on any atom is 0.267 e. The van der Waals surface area contributed by atoms with E-state index in [4.69, 9.17) is 0 Å². The van der Waals surface area contributed by atoms with Crippen molar-refractivity contribution in [3.63, 3.8) is 0 Å². The number of piperazine rings is 1. The number of aromatic nitrogens is 1. The van der Waals surface area contributed by atoms with Gasteiger partial charge in [-0.15, -0.1) is 0 Å². The molecule has 0 aromatic carbocycles. The van der Waals surface area contributed by atoms with Crippen molar-refractivity contribution in [2.24, 2.45) is 0 Å². The molecule has 0 unspecified atom stereocenters. The van der Waals surface area contributed by atoms with E-state index in [1.54, 1.807) is 6.20 Å². The quantitative estimate of drug-likeness (QED) is 0.830. The standard InChI is InChI=1S/C13H16BrF2N3/c1-18-4-5-19(8-13(18)2-3-13)11-9(12(15)16)6-17-7-10(11)14/h6-7,12H,2-5,8H2,1H3. The first-order valence-electron chi connectivity index (χ1n) is 6.41. The molecule has 0 amide bonds. The van der Waals surface area contributed by atoms with Gasteiger partial charge in [0.05, 0.1) is 15.7 Å². The molecule has 1 saturated heterocycles. The van der Waals surface area contributed by atoms with E-state index < -0.39 is 6.43 Å². The lowest BCUT2D eigenvalue weighted by atomic mass is 10.1. The number of halogens is 3. The molecule has 2 aliphatic rings. The highest BCUT2D eigenvalue weighted by atomic mass is 79.9. The van der Waals surface area contributed by atoms with Gasteiger partial charge < -0.3 is 4.90 Å². The van der Waals surface area contributed by atoms with Crippen LogP contribution in [-0.2, 0) is 0 Å². The molecule has 19 heavy (non-hydrogen) atoms. The van der Waals surface area contributed by atoms with Crippen LogP contribution in [0.4, 0.5) is 14.5 Å². The zero-order valence-corrected chi connectivity index (χ0v) is 12.3. The second kappa shape index (κ2) is 4.66. The van der Waals surface area contributed by atoms with Crippen molar-refractivity contribution in [1.82, 2.24) is 9.88 Å². The molecular weight excluding hydrogens is 316 g/mol. The van der Waals surface area contributed by atoms with E-state index in [0.717, 1.165) is 32.5 Å². The summed E-state index contributed by atoms with van der Waals surface area (Å²) in [7, 11) is 2.12. The lowest BCUT2D eigenvalue weighted by Crippen LogP contribution is -2.53. The molecule has 0 atom stereocenters. The third-order valence-corrected chi connectivity index (χ3v) is 4.86. The van der Waals surface area contributed by atoms with Gasteiger partial charge in [0.1, 0.15) is 0 Å². The Labute approximate surface area is 119 Å². The third-order valence-electron chi connectivity index (χ3n) is 4.28. The van der Waals surface area contributed by atoms with Crippen LogP contribution in [0.15, 0.2) is 16.9 Å². The summed E-state index contributed by atoms with van der Waals surface area (Å²) in [5, 5.41) is 0. The predicted octanol–water partition coefficient (Wildman–Crippen LogP) is 3.07. The summed E-state index contributed by atoms with van der Waals surface area (Å²) in [5.74, 6) is 0. The normalized spacial score (nSPS) is 22.3. The molecule has 3 rings (SSSR count). The average molecular weight is 332 g/mol. The van der Waals surface area contributed by atoms with Crippen molar-refractivity contribution >= 4 is 21.6 Å². The number of rotatable bonds is 2. The second-order valence-electron chi connectivity index (χ2n) is 5.43. The van der Waals surface area contributed by atoms with Gasteiger partial charge in [-0.1, -0.05) is 0 Å². The van der Waals surface area contributed by atoms with Crippen LogP contribution in [0, 0.1) is 0 Å². The molecule has 1 aromatic rings. The average Bonchev–Trinajstić information content (AvgIpc) is 3.13. The highest BCUT2D eigenvalue weighted by Crippen LogP contribution is 2.46. The first-order chi connectivity index (χ1) is 9.03. The van der Waals surface area contributed by atoms with E-state index in [-0.39, 0.29) is 11.1 Å². The monoisotopic (exact) mass is 331 g/mol. The summed E-state index contributed by atoms with van der Waals surface area (Å²) < 4.78 is 27.0. The minimum Gasteiger partial charge on any atom is -0.367 e. The number of hydrogen-bond acceptors (Lipinski definition) is 3. The first-order valence-corrected chi connectivity index (χ1v) is 7.20. The molecule has 1 saturated carbocycles. The lowest BCUT2D eigenvalue weighted by Gasteiger charge is -2.42. The molecule has 2 fully saturated rings. The van der Waals surface area contributed by atoms with E-state index >= 15 is 0 Å². The lowest BCUT2D eigenvalue weighted by molar-refractivity contribution is 0.150. The molecule has 0 radical (unpaired) electrons. The highest BCUT2D eigenvalue weighted by Gasteiger charge is 2.50. The predicted molar refractivity (Wildman–Crippen MR) is 73.7 cm³/mol. The molecule has 2 heterocycles.